The lowest BCUT2D eigenvalue weighted by Gasteiger charge is -2.37. The summed E-state index contributed by atoms with van der Waals surface area (Å²) in [6.07, 6.45) is 1.57. The zero-order chi connectivity index (χ0) is 21.5. The molecule has 4 rings (SSSR count). The average Bonchev–Trinajstić information content (AvgIpc) is 2.85. The molecule has 4 aromatic carbocycles. The van der Waals surface area contributed by atoms with Crippen LogP contribution >= 0.6 is 0 Å². The molecule has 0 unspecified atom stereocenters. The van der Waals surface area contributed by atoms with Crippen LogP contribution in [0.25, 0.3) is 0 Å². The quantitative estimate of drug-likeness (QED) is 0.202. The molecule has 0 atom stereocenters. The summed E-state index contributed by atoms with van der Waals surface area (Å²) in [5, 5.41) is 0. The highest BCUT2D eigenvalue weighted by Gasteiger charge is 2.38. The van der Waals surface area contributed by atoms with Crippen molar-refractivity contribution in [1.29, 1.82) is 0 Å². The van der Waals surface area contributed by atoms with Gasteiger partial charge in [0.15, 0.2) is 0 Å². The van der Waals surface area contributed by atoms with Gasteiger partial charge >= 0.3 is 5.97 Å². The molecule has 152 valence electrons. The van der Waals surface area contributed by atoms with Crippen LogP contribution in [0.2, 0.25) is 0 Å². The minimum Gasteiger partial charge on any atom is -0.458 e. The first-order valence-electron chi connectivity index (χ1n) is 10.3. The molecule has 0 aromatic heterocycles. The molecule has 0 heterocycles. The molecule has 0 fully saturated rings. The molecule has 0 saturated carbocycles. The van der Waals surface area contributed by atoms with Crippen molar-refractivity contribution in [1.82, 2.24) is 0 Å². The Hall–Kier alpha value is -3.91. The van der Waals surface area contributed by atoms with Gasteiger partial charge in [0.05, 0.1) is 11.0 Å². The first-order chi connectivity index (χ1) is 15.3. The Bertz CT molecular complexity index is 1050. The van der Waals surface area contributed by atoms with Gasteiger partial charge in [-0.15, -0.1) is 0 Å². The van der Waals surface area contributed by atoms with Crippen LogP contribution in [-0.2, 0) is 10.2 Å². The molecule has 0 N–H and O–H groups in total. The summed E-state index contributed by atoms with van der Waals surface area (Å²) >= 11 is 0. The predicted octanol–water partition coefficient (Wildman–Crippen LogP) is 6.41. The molecular formula is C29H24O2. The summed E-state index contributed by atoms with van der Waals surface area (Å²) in [5.74, 6) is -0.357. The van der Waals surface area contributed by atoms with E-state index >= 15 is 0 Å². The van der Waals surface area contributed by atoms with Gasteiger partial charge in [-0.25, -0.2) is 4.79 Å². The number of carbonyl (C=O) groups is 1. The molecular weight excluding hydrogens is 380 g/mol. The number of esters is 1. The molecule has 0 spiro atoms. The number of carbonyl (C=O) groups excluding carboxylic acids is 1. The SMILES string of the molecule is C=CCOC(=O)c1cccc(C(c2ccccc2)(c2ccccc2)c2ccccc2)c1. The second kappa shape index (κ2) is 9.27. The fraction of sp³-hybridized carbons (Fsp3) is 0.0690. The van der Waals surface area contributed by atoms with Crippen LogP contribution in [0.3, 0.4) is 0 Å². The zero-order valence-electron chi connectivity index (χ0n) is 17.3. The standard InChI is InChI=1S/C29H24O2/c1-2-21-31-28(30)23-13-12-20-27(22-23)29(24-14-6-3-7-15-24,25-16-8-4-9-17-25)26-18-10-5-11-19-26/h2-20,22H,1,21H2. The van der Waals surface area contributed by atoms with Crippen molar-refractivity contribution in [2.75, 3.05) is 6.61 Å². The van der Waals surface area contributed by atoms with Gasteiger partial charge in [0.1, 0.15) is 6.61 Å². The van der Waals surface area contributed by atoms with Crippen molar-refractivity contribution >= 4 is 5.97 Å². The van der Waals surface area contributed by atoms with Crippen LogP contribution < -0.4 is 0 Å². The lowest BCUT2D eigenvalue weighted by Crippen LogP contribution is -2.31. The number of ether oxygens (including phenoxy) is 1. The monoisotopic (exact) mass is 404 g/mol. The van der Waals surface area contributed by atoms with Gasteiger partial charge in [-0.3, -0.25) is 0 Å². The molecule has 0 amide bonds. The van der Waals surface area contributed by atoms with Gasteiger partial charge in [0, 0.05) is 0 Å². The highest BCUT2D eigenvalue weighted by Crippen LogP contribution is 2.45. The maximum absolute atomic E-state index is 12.6. The van der Waals surface area contributed by atoms with Crippen LogP contribution in [0.4, 0.5) is 0 Å². The van der Waals surface area contributed by atoms with Gasteiger partial charge in [0.2, 0.25) is 0 Å². The maximum atomic E-state index is 12.6. The molecule has 0 aliphatic heterocycles. The van der Waals surface area contributed by atoms with E-state index in [1.165, 1.54) is 0 Å². The second-order valence-electron chi connectivity index (χ2n) is 7.32. The van der Waals surface area contributed by atoms with E-state index in [0.29, 0.717) is 5.56 Å². The summed E-state index contributed by atoms with van der Waals surface area (Å²) in [6, 6.07) is 39.0. The van der Waals surface area contributed by atoms with Crippen LogP contribution in [-0.4, -0.2) is 12.6 Å². The van der Waals surface area contributed by atoms with Crippen LogP contribution in [0.5, 0.6) is 0 Å². The normalized spacial score (nSPS) is 11.0. The average molecular weight is 405 g/mol. The maximum Gasteiger partial charge on any atom is 0.338 e. The van der Waals surface area contributed by atoms with Gasteiger partial charge in [-0.2, -0.15) is 0 Å². The predicted molar refractivity (Wildman–Crippen MR) is 125 cm³/mol. The van der Waals surface area contributed by atoms with Crippen LogP contribution in [0, 0.1) is 0 Å². The van der Waals surface area contributed by atoms with Crippen molar-refractivity contribution < 1.29 is 9.53 Å². The number of hydrogen-bond donors (Lipinski definition) is 0. The Morgan fingerprint density at radius 3 is 1.58 bits per heavy atom. The third-order valence-corrected chi connectivity index (χ3v) is 5.48. The number of benzene rings is 4. The molecule has 0 aliphatic rings. The molecule has 0 bridgehead atoms. The van der Waals surface area contributed by atoms with E-state index in [1.54, 1.807) is 12.1 Å². The Labute approximate surface area is 183 Å². The summed E-state index contributed by atoms with van der Waals surface area (Å²) in [6.45, 7) is 3.81. The minimum atomic E-state index is -0.585. The smallest absolute Gasteiger partial charge is 0.338 e. The first-order valence-corrected chi connectivity index (χ1v) is 10.3. The second-order valence-corrected chi connectivity index (χ2v) is 7.32. The van der Waals surface area contributed by atoms with E-state index in [4.69, 9.17) is 4.74 Å². The fourth-order valence-corrected chi connectivity index (χ4v) is 4.16. The van der Waals surface area contributed by atoms with E-state index < -0.39 is 5.41 Å². The van der Waals surface area contributed by atoms with E-state index in [9.17, 15) is 4.79 Å². The van der Waals surface area contributed by atoms with Gasteiger partial charge < -0.3 is 4.74 Å². The molecule has 0 radical (unpaired) electrons. The highest BCUT2D eigenvalue weighted by atomic mass is 16.5. The Balaban J connectivity index is 2.02. The third kappa shape index (κ3) is 3.93. The molecule has 31 heavy (non-hydrogen) atoms. The Morgan fingerprint density at radius 1 is 0.677 bits per heavy atom. The Kier molecular flexibility index (Phi) is 6.09. The highest BCUT2D eigenvalue weighted by molar-refractivity contribution is 5.90. The van der Waals surface area contributed by atoms with Crippen molar-refractivity contribution in [3.8, 4) is 0 Å². The number of rotatable bonds is 7. The van der Waals surface area contributed by atoms with Crippen LogP contribution in [0.1, 0.15) is 32.6 Å². The van der Waals surface area contributed by atoms with E-state index in [1.807, 2.05) is 30.3 Å². The van der Waals surface area contributed by atoms with E-state index in [0.717, 1.165) is 22.3 Å². The molecule has 2 heteroatoms. The van der Waals surface area contributed by atoms with E-state index in [-0.39, 0.29) is 12.6 Å². The zero-order valence-corrected chi connectivity index (χ0v) is 17.3. The topological polar surface area (TPSA) is 26.3 Å². The number of hydrogen-bond acceptors (Lipinski definition) is 2. The summed E-state index contributed by atoms with van der Waals surface area (Å²) in [7, 11) is 0. The van der Waals surface area contributed by atoms with Gasteiger partial charge in [-0.05, 0) is 34.4 Å². The summed E-state index contributed by atoms with van der Waals surface area (Å²) in [4.78, 5) is 12.6. The summed E-state index contributed by atoms with van der Waals surface area (Å²) in [5.41, 5.74) is 4.33. The van der Waals surface area contributed by atoms with Crippen molar-refractivity contribution in [3.63, 3.8) is 0 Å². The molecule has 4 aromatic rings. The Morgan fingerprint density at radius 2 is 1.13 bits per heavy atom. The third-order valence-electron chi connectivity index (χ3n) is 5.48. The fourth-order valence-electron chi connectivity index (χ4n) is 4.16. The molecule has 2 nitrogen and oxygen atoms in total. The lowest BCUT2D eigenvalue weighted by molar-refractivity contribution is 0.0549. The lowest BCUT2D eigenvalue weighted by atomic mass is 9.65. The molecule has 0 aliphatic carbocycles. The van der Waals surface area contributed by atoms with E-state index in [2.05, 4.69) is 85.4 Å². The van der Waals surface area contributed by atoms with Crippen molar-refractivity contribution in [2.45, 2.75) is 5.41 Å². The van der Waals surface area contributed by atoms with Gasteiger partial charge in [-0.1, -0.05) is 116 Å². The van der Waals surface area contributed by atoms with Crippen molar-refractivity contribution in [3.05, 3.63) is 156 Å². The molecule has 0 saturated heterocycles. The summed E-state index contributed by atoms with van der Waals surface area (Å²) < 4.78 is 5.31. The minimum absolute atomic E-state index is 0.185. The van der Waals surface area contributed by atoms with Crippen molar-refractivity contribution in [2.24, 2.45) is 0 Å². The largest absolute Gasteiger partial charge is 0.458 e. The van der Waals surface area contributed by atoms with Gasteiger partial charge in [0.25, 0.3) is 0 Å². The first kappa shape index (κ1) is 20.4. The van der Waals surface area contributed by atoms with Crippen LogP contribution in [0.15, 0.2) is 128 Å².